The lowest BCUT2D eigenvalue weighted by Crippen LogP contribution is -2.16. The molecule has 1 aromatic carbocycles. The van der Waals surface area contributed by atoms with Crippen LogP contribution < -0.4 is 15.2 Å². The molecule has 0 aromatic heterocycles. The van der Waals surface area contributed by atoms with Crippen LogP contribution in [0.15, 0.2) is 18.2 Å². The summed E-state index contributed by atoms with van der Waals surface area (Å²) < 4.78 is 29.7. The number of ether oxygens (including phenoxy) is 1. The Balaban J connectivity index is 2.96. The zero-order valence-corrected chi connectivity index (χ0v) is 9.41. The van der Waals surface area contributed by atoms with Crippen LogP contribution in [0.3, 0.4) is 0 Å². The summed E-state index contributed by atoms with van der Waals surface area (Å²) in [6.45, 7) is 0. The SMILES string of the molecule is COc1ccc(NS(=O)(=O)CC#N)c(N)c1. The topological polar surface area (TPSA) is 105 Å². The van der Waals surface area contributed by atoms with E-state index in [9.17, 15) is 8.42 Å². The molecule has 3 N–H and O–H groups in total. The fourth-order valence-corrected chi connectivity index (χ4v) is 1.81. The summed E-state index contributed by atoms with van der Waals surface area (Å²) in [5.74, 6) is -0.0842. The normalized spacial score (nSPS) is 10.5. The molecule has 0 atom stereocenters. The molecule has 0 unspecified atom stereocenters. The van der Waals surface area contributed by atoms with Crippen LogP contribution in [-0.2, 0) is 10.0 Å². The van der Waals surface area contributed by atoms with Gasteiger partial charge in [0, 0.05) is 6.07 Å². The van der Waals surface area contributed by atoms with Crippen molar-refractivity contribution in [1.29, 1.82) is 5.26 Å². The zero-order chi connectivity index (χ0) is 12.2. The summed E-state index contributed by atoms with van der Waals surface area (Å²) in [4.78, 5) is 0. The number of nitrogen functional groups attached to an aromatic ring is 1. The van der Waals surface area contributed by atoms with Gasteiger partial charge in [0.1, 0.15) is 5.75 Å². The van der Waals surface area contributed by atoms with E-state index >= 15 is 0 Å². The van der Waals surface area contributed by atoms with Gasteiger partial charge in [-0.05, 0) is 12.1 Å². The van der Waals surface area contributed by atoms with E-state index in [1.807, 2.05) is 0 Å². The number of hydrogen-bond donors (Lipinski definition) is 2. The maximum absolute atomic E-state index is 11.3. The Bertz CT molecular complexity index is 519. The molecule has 0 heterocycles. The van der Waals surface area contributed by atoms with Crippen molar-refractivity contribution < 1.29 is 13.2 Å². The molecule has 0 amide bonds. The van der Waals surface area contributed by atoms with Crippen LogP contribution in [0, 0.1) is 11.3 Å². The Morgan fingerprint density at radius 2 is 2.25 bits per heavy atom. The van der Waals surface area contributed by atoms with E-state index in [-0.39, 0.29) is 11.4 Å². The van der Waals surface area contributed by atoms with Gasteiger partial charge in [0.15, 0.2) is 5.75 Å². The smallest absolute Gasteiger partial charge is 0.246 e. The highest BCUT2D eigenvalue weighted by molar-refractivity contribution is 7.92. The summed E-state index contributed by atoms with van der Waals surface area (Å²) in [5.41, 5.74) is 6.08. The molecule has 6 nitrogen and oxygen atoms in total. The van der Waals surface area contributed by atoms with Crippen LogP contribution in [0.1, 0.15) is 0 Å². The first-order valence-electron chi connectivity index (χ1n) is 4.29. The first-order valence-corrected chi connectivity index (χ1v) is 5.94. The number of sulfonamides is 1. The van der Waals surface area contributed by atoms with E-state index in [0.29, 0.717) is 5.75 Å². The number of nitrogens with zero attached hydrogens (tertiary/aromatic N) is 1. The van der Waals surface area contributed by atoms with Gasteiger partial charge in [0.05, 0.1) is 24.6 Å². The van der Waals surface area contributed by atoms with Crippen LogP contribution in [0.25, 0.3) is 0 Å². The van der Waals surface area contributed by atoms with Crippen LogP contribution in [0.2, 0.25) is 0 Å². The number of rotatable bonds is 4. The fraction of sp³-hybridized carbons (Fsp3) is 0.222. The van der Waals surface area contributed by atoms with Gasteiger partial charge in [-0.15, -0.1) is 0 Å². The minimum absolute atomic E-state index is 0.232. The third-order valence-corrected chi connectivity index (χ3v) is 2.82. The van der Waals surface area contributed by atoms with Gasteiger partial charge < -0.3 is 10.5 Å². The Kier molecular flexibility index (Phi) is 3.58. The standard InChI is InChI=1S/C9H11N3O3S/c1-15-7-2-3-9(8(11)6-7)12-16(13,14)5-4-10/h2-3,6,12H,5,11H2,1H3. The average molecular weight is 241 g/mol. The lowest BCUT2D eigenvalue weighted by atomic mass is 10.2. The second-order valence-electron chi connectivity index (χ2n) is 2.97. The number of nitriles is 1. The average Bonchev–Trinajstić information content (AvgIpc) is 2.20. The number of hydrogen-bond acceptors (Lipinski definition) is 5. The van der Waals surface area contributed by atoms with Crippen molar-refractivity contribution in [1.82, 2.24) is 0 Å². The lowest BCUT2D eigenvalue weighted by molar-refractivity contribution is 0.415. The van der Waals surface area contributed by atoms with Crippen molar-refractivity contribution in [2.24, 2.45) is 0 Å². The summed E-state index contributed by atoms with van der Waals surface area (Å²) in [6, 6.07) is 6.09. The molecule has 0 bridgehead atoms. The molecule has 1 aromatic rings. The van der Waals surface area contributed by atoms with Gasteiger partial charge in [-0.25, -0.2) is 8.42 Å². The van der Waals surface area contributed by atoms with Gasteiger partial charge in [-0.1, -0.05) is 0 Å². The van der Waals surface area contributed by atoms with E-state index in [2.05, 4.69) is 4.72 Å². The maximum Gasteiger partial charge on any atom is 0.246 e. The predicted molar refractivity (Wildman–Crippen MR) is 60.4 cm³/mol. The van der Waals surface area contributed by atoms with Crippen LogP contribution in [-0.4, -0.2) is 21.3 Å². The molecule has 0 saturated carbocycles. The summed E-state index contributed by atoms with van der Waals surface area (Å²) in [6.07, 6.45) is 0. The summed E-state index contributed by atoms with van der Waals surface area (Å²) in [5, 5.41) is 8.31. The van der Waals surface area contributed by atoms with Crippen molar-refractivity contribution in [3.8, 4) is 11.8 Å². The van der Waals surface area contributed by atoms with E-state index in [1.54, 1.807) is 12.1 Å². The van der Waals surface area contributed by atoms with Crippen molar-refractivity contribution in [3.63, 3.8) is 0 Å². The Morgan fingerprint density at radius 3 is 2.75 bits per heavy atom. The first-order chi connectivity index (χ1) is 7.48. The highest BCUT2D eigenvalue weighted by atomic mass is 32.2. The van der Waals surface area contributed by atoms with Crippen LogP contribution in [0.5, 0.6) is 5.75 Å². The second-order valence-corrected chi connectivity index (χ2v) is 4.69. The van der Waals surface area contributed by atoms with E-state index in [0.717, 1.165) is 0 Å². The van der Waals surface area contributed by atoms with Crippen molar-refractivity contribution in [2.45, 2.75) is 0 Å². The van der Waals surface area contributed by atoms with E-state index < -0.39 is 15.8 Å². The molecular weight excluding hydrogens is 230 g/mol. The minimum atomic E-state index is -3.66. The first kappa shape index (κ1) is 12.1. The van der Waals surface area contributed by atoms with E-state index in [4.69, 9.17) is 15.7 Å². The Labute approximate surface area is 93.7 Å². The molecule has 0 aliphatic heterocycles. The molecule has 7 heteroatoms. The molecule has 1 rings (SSSR count). The summed E-state index contributed by atoms with van der Waals surface area (Å²) >= 11 is 0. The molecule has 86 valence electrons. The Hall–Kier alpha value is -1.94. The quantitative estimate of drug-likeness (QED) is 0.748. The number of anilines is 2. The van der Waals surface area contributed by atoms with Gasteiger partial charge in [0.2, 0.25) is 10.0 Å². The molecule has 0 radical (unpaired) electrons. The number of benzene rings is 1. The van der Waals surface area contributed by atoms with Crippen LogP contribution in [0.4, 0.5) is 11.4 Å². The summed E-state index contributed by atoms with van der Waals surface area (Å²) in [7, 11) is -2.18. The number of nitrogens with two attached hydrogens (primary N) is 1. The predicted octanol–water partition coefficient (Wildman–Crippen LogP) is 0.543. The second kappa shape index (κ2) is 4.72. The van der Waals surface area contributed by atoms with Gasteiger partial charge >= 0.3 is 0 Å². The lowest BCUT2D eigenvalue weighted by Gasteiger charge is -2.09. The number of methoxy groups -OCH3 is 1. The highest BCUT2D eigenvalue weighted by Crippen LogP contribution is 2.24. The molecule has 0 aliphatic carbocycles. The van der Waals surface area contributed by atoms with Gasteiger partial charge in [-0.3, -0.25) is 4.72 Å². The van der Waals surface area contributed by atoms with Crippen molar-refractivity contribution in [3.05, 3.63) is 18.2 Å². The van der Waals surface area contributed by atoms with E-state index in [1.165, 1.54) is 19.2 Å². The van der Waals surface area contributed by atoms with Crippen LogP contribution >= 0.6 is 0 Å². The van der Waals surface area contributed by atoms with Gasteiger partial charge in [-0.2, -0.15) is 5.26 Å². The molecule has 0 fully saturated rings. The third-order valence-electron chi connectivity index (χ3n) is 1.78. The van der Waals surface area contributed by atoms with Crippen molar-refractivity contribution in [2.75, 3.05) is 23.3 Å². The Morgan fingerprint density at radius 1 is 1.56 bits per heavy atom. The minimum Gasteiger partial charge on any atom is -0.497 e. The molecule has 0 saturated heterocycles. The van der Waals surface area contributed by atoms with Crippen molar-refractivity contribution >= 4 is 21.4 Å². The van der Waals surface area contributed by atoms with Gasteiger partial charge in [0.25, 0.3) is 0 Å². The third kappa shape index (κ3) is 3.03. The maximum atomic E-state index is 11.3. The molecule has 0 aliphatic rings. The highest BCUT2D eigenvalue weighted by Gasteiger charge is 2.11. The monoisotopic (exact) mass is 241 g/mol. The molecule has 16 heavy (non-hydrogen) atoms. The largest absolute Gasteiger partial charge is 0.497 e. The molecule has 0 spiro atoms. The number of nitrogens with one attached hydrogen (secondary N) is 1. The fourth-order valence-electron chi connectivity index (χ4n) is 1.05. The molecular formula is C9H11N3O3S. The zero-order valence-electron chi connectivity index (χ0n) is 8.60.